The molecule has 0 saturated heterocycles. The normalized spacial score (nSPS) is 24.2. The minimum Gasteiger partial charge on any atom is -0.741 e. The quantitative estimate of drug-likeness (QED) is 0.301. The Labute approximate surface area is 193 Å². The lowest BCUT2D eigenvalue weighted by Gasteiger charge is -2.28. The standard InChI is InChI=1S/C21H33N2O2.CHF3O3S/c1-3-7-11-20(12-8-4-1)15-24-18-19-23(17-22(18)20)21(16-25-19)13-9-5-2-6-10-14-21;2-1(3,4)8(5,6)7/h17H,1-16H2;(H,5,6,7)/q+1;/p-1. The molecule has 1 aromatic heterocycles. The number of halogens is 3. The first-order valence-corrected chi connectivity index (χ1v) is 13.4. The molecule has 4 aliphatic rings. The van der Waals surface area contributed by atoms with E-state index in [0.717, 1.165) is 25.0 Å². The average Bonchev–Trinajstić information content (AvgIpc) is 3.32. The van der Waals surface area contributed by atoms with Gasteiger partial charge in [-0.3, -0.25) is 0 Å². The Kier molecular flexibility index (Phi) is 6.93. The molecule has 0 radical (unpaired) electrons. The van der Waals surface area contributed by atoms with Crippen molar-refractivity contribution in [1.29, 1.82) is 0 Å². The maximum absolute atomic E-state index is 10.7. The van der Waals surface area contributed by atoms with E-state index >= 15 is 0 Å². The highest BCUT2D eigenvalue weighted by Gasteiger charge is 2.55. The molecule has 3 heterocycles. The molecule has 0 bridgehead atoms. The molecule has 0 amide bonds. The molecule has 11 heteroatoms. The van der Waals surface area contributed by atoms with E-state index in [4.69, 9.17) is 22.4 Å². The summed E-state index contributed by atoms with van der Waals surface area (Å²) in [5.41, 5.74) is -5.26. The Hall–Kier alpha value is -1.49. The van der Waals surface area contributed by atoms with Crippen LogP contribution in [0.4, 0.5) is 13.2 Å². The second-order valence-electron chi connectivity index (χ2n) is 9.93. The zero-order valence-corrected chi connectivity index (χ0v) is 19.7. The highest BCUT2D eigenvalue weighted by atomic mass is 32.2. The van der Waals surface area contributed by atoms with Crippen molar-refractivity contribution in [2.75, 3.05) is 13.2 Å². The van der Waals surface area contributed by atoms with E-state index in [1.165, 1.54) is 89.9 Å². The number of imidazole rings is 1. The van der Waals surface area contributed by atoms with Crippen molar-refractivity contribution in [1.82, 2.24) is 4.57 Å². The summed E-state index contributed by atoms with van der Waals surface area (Å²) >= 11 is 0. The third kappa shape index (κ3) is 4.85. The molecule has 2 aliphatic carbocycles. The van der Waals surface area contributed by atoms with Gasteiger partial charge in [-0.25, -0.2) is 8.42 Å². The monoisotopic (exact) mass is 494 g/mol. The van der Waals surface area contributed by atoms with Crippen molar-refractivity contribution in [2.24, 2.45) is 0 Å². The molecule has 5 rings (SSSR count). The maximum atomic E-state index is 10.7. The summed E-state index contributed by atoms with van der Waals surface area (Å²) in [6.45, 7) is 1.71. The van der Waals surface area contributed by atoms with Crippen molar-refractivity contribution in [2.45, 2.75) is 106 Å². The van der Waals surface area contributed by atoms with Crippen molar-refractivity contribution in [3.05, 3.63) is 6.33 Å². The van der Waals surface area contributed by atoms with Gasteiger partial charge in [-0.15, -0.1) is 0 Å². The van der Waals surface area contributed by atoms with E-state index in [-0.39, 0.29) is 11.1 Å². The number of aromatic nitrogens is 2. The van der Waals surface area contributed by atoms with Gasteiger partial charge in [0.15, 0.2) is 10.1 Å². The van der Waals surface area contributed by atoms with Gasteiger partial charge < -0.3 is 14.0 Å². The van der Waals surface area contributed by atoms with E-state index in [1.807, 2.05) is 0 Å². The molecular formula is C22H33F3N2O5S. The van der Waals surface area contributed by atoms with Crippen LogP contribution in [0.15, 0.2) is 6.33 Å². The first-order chi connectivity index (χ1) is 15.6. The molecule has 188 valence electrons. The van der Waals surface area contributed by atoms with Gasteiger partial charge in [-0.05, 0) is 51.4 Å². The van der Waals surface area contributed by atoms with Crippen LogP contribution >= 0.6 is 0 Å². The van der Waals surface area contributed by atoms with Gasteiger partial charge >= 0.3 is 17.3 Å². The number of hydrogen-bond acceptors (Lipinski definition) is 5. The maximum Gasteiger partial charge on any atom is 0.485 e. The number of hydrogen-bond donors (Lipinski definition) is 0. The Bertz CT molecular complexity index is 876. The number of alkyl halides is 3. The summed E-state index contributed by atoms with van der Waals surface area (Å²) in [4.78, 5) is 0. The topological polar surface area (TPSA) is 84.5 Å². The zero-order valence-electron chi connectivity index (χ0n) is 18.9. The summed E-state index contributed by atoms with van der Waals surface area (Å²) in [6.07, 6.45) is 21.1. The summed E-state index contributed by atoms with van der Waals surface area (Å²) in [6, 6.07) is 0. The van der Waals surface area contributed by atoms with Crippen LogP contribution in [0.5, 0.6) is 11.8 Å². The number of fused-ring (bicyclic) bond motifs is 5. The van der Waals surface area contributed by atoms with Gasteiger partial charge in [0.2, 0.25) is 0 Å². The number of nitrogens with zero attached hydrogens (tertiary/aromatic N) is 2. The summed E-state index contributed by atoms with van der Waals surface area (Å²) in [7, 11) is -6.09. The molecule has 2 aliphatic heterocycles. The third-order valence-corrected chi connectivity index (χ3v) is 8.25. The lowest BCUT2D eigenvalue weighted by Crippen LogP contribution is -2.54. The van der Waals surface area contributed by atoms with Crippen LogP contribution in [-0.2, 0) is 21.2 Å². The van der Waals surface area contributed by atoms with Crippen LogP contribution in [-0.4, -0.2) is 36.3 Å². The van der Waals surface area contributed by atoms with E-state index < -0.39 is 15.6 Å². The molecule has 7 nitrogen and oxygen atoms in total. The second-order valence-corrected chi connectivity index (χ2v) is 11.3. The number of rotatable bonds is 0. The van der Waals surface area contributed by atoms with Crippen LogP contribution in [0, 0.1) is 0 Å². The van der Waals surface area contributed by atoms with Gasteiger partial charge in [0, 0.05) is 0 Å². The van der Waals surface area contributed by atoms with Crippen molar-refractivity contribution >= 4 is 10.1 Å². The smallest absolute Gasteiger partial charge is 0.485 e. The zero-order chi connectivity index (χ0) is 23.7. The van der Waals surface area contributed by atoms with E-state index in [1.54, 1.807) is 0 Å². The highest BCUT2D eigenvalue weighted by molar-refractivity contribution is 7.86. The van der Waals surface area contributed by atoms with Crippen LogP contribution in [0.1, 0.15) is 89.9 Å². The largest absolute Gasteiger partial charge is 0.741 e. The molecule has 0 aromatic carbocycles. The SMILES string of the molecule is O=S(=O)([O-])C(F)(F)F.c1n2c(c3[n+]1C1(CCCCCCC1)CO3)OCC21CCCCCCC1. The molecule has 2 saturated carbocycles. The molecule has 1 aromatic rings. The van der Waals surface area contributed by atoms with Gasteiger partial charge in [-0.2, -0.15) is 22.3 Å². The third-order valence-electron chi connectivity index (χ3n) is 7.68. The molecule has 0 N–H and O–H groups in total. The predicted molar refractivity (Wildman–Crippen MR) is 112 cm³/mol. The van der Waals surface area contributed by atoms with E-state index in [9.17, 15) is 13.2 Å². The first-order valence-electron chi connectivity index (χ1n) is 12.0. The van der Waals surface area contributed by atoms with Gasteiger partial charge in [0.05, 0.1) is 0 Å². The fourth-order valence-electron chi connectivity index (χ4n) is 5.81. The lowest BCUT2D eigenvalue weighted by atomic mass is 9.84. The molecule has 2 fully saturated rings. The van der Waals surface area contributed by atoms with Crippen LogP contribution < -0.4 is 14.0 Å². The molecule has 2 spiro atoms. The highest BCUT2D eigenvalue weighted by Crippen LogP contribution is 2.47. The molecule has 0 unspecified atom stereocenters. The van der Waals surface area contributed by atoms with Crippen LogP contribution in [0.25, 0.3) is 0 Å². The van der Waals surface area contributed by atoms with Gasteiger partial charge in [0.25, 0.3) is 6.33 Å². The lowest BCUT2D eigenvalue weighted by molar-refractivity contribution is -0.748. The minimum absolute atomic E-state index is 0.194. The van der Waals surface area contributed by atoms with Crippen molar-refractivity contribution in [3.63, 3.8) is 0 Å². The van der Waals surface area contributed by atoms with Gasteiger partial charge in [0.1, 0.15) is 24.3 Å². The van der Waals surface area contributed by atoms with Crippen molar-refractivity contribution < 1.29 is 40.2 Å². The Morgan fingerprint density at radius 1 is 0.848 bits per heavy atom. The summed E-state index contributed by atoms with van der Waals surface area (Å²) in [5, 5.41) is 0. The van der Waals surface area contributed by atoms with Crippen molar-refractivity contribution in [3.8, 4) is 11.8 Å². The summed E-state index contributed by atoms with van der Waals surface area (Å²) < 4.78 is 76.4. The fourth-order valence-corrected chi connectivity index (χ4v) is 5.81. The Morgan fingerprint density at radius 2 is 1.33 bits per heavy atom. The number of ether oxygens (including phenoxy) is 2. The first kappa shape index (κ1) is 24.6. The van der Waals surface area contributed by atoms with E-state index in [2.05, 4.69) is 15.5 Å². The second kappa shape index (κ2) is 9.28. The minimum atomic E-state index is -6.09. The molecule has 33 heavy (non-hydrogen) atoms. The summed E-state index contributed by atoms with van der Waals surface area (Å²) in [5.74, 6) is 2.05. The average molecular weight is 495 g/mol. The van der Waals surface area contributed by atoms with Gasteiger partial charge in [-0.1, -0.05) is 38.5 Å². The molecular weight excluding hydrogens is 461 g/mol. The Balaban J connectivity index is 0.000000281. The van der Waals surface area contributed by atoms with E-state index in [0.29, 0.717) is 0 Å². The molecule has 0 atom stereocenters. The van der Waals surface area contributed by atoms with Crippen LogP contribution in [0.2, 0.25) is 0 Å². The fraction of sp³-hybridized carbons (Fsp3) is 0.864. The van der Waals surface area contributed by atoms with Crippen LogP contribution in [0.3, 0.4) is 0 Å². The Morgan fingerprint density at radius 3 is 1.85 bits per heavy atom. The predicted octanol–water partition coefficient (Wildman–Crippen LogP) is 4.49.